The Bertz CT molecular complexity index is 629. The van der Waals surface area contributed by atoms with Crippen molar-refractivity contribution in [3.63, 3.8) is 0 Å². The van der Waals surface area contributed by atoms with Crippen molar-refractivity contribution in [2.45, 2.75) is 36.9 Å². The van der Waals surface area contributed by atoms with E-state index in [4.69, 9.17) is 0 Å². The summed E-state index contributed by atoms with van der Waals surface area (Å²) in [5, 5.41) is 19.7. The summed E-state index contributed by atoms with van der Waals surface area (Å²) in [5.41, 5.74) is 0.623. The van der Waals surface area contributed by atoms with Crippen molar-refractivity contribution >= 4 is 29.3 Å². The molecule has 7 nitrogen and oxygen atoms in total. The number of amides is 1. The van der Waals surface area contributed by atoms with E-state index in [1.807, 2.05) is 0 Å². The predicted molar refractivity (Wildman–Crippen MR) is 81.5 cm³/mol. The van der Waals surface area contributed by atoms with E-state index in [1.165, 1.54) is 35.7 Å². The number of thioether (sulfide) groups is 1. The van der Waals surface area contributed by atoms with Gasteiger partial charge < -0.3 is 10.0 Å². The van der Waals surface area contributed by atoms with Crippen LogP contribution in [0.4, 0.5) is 5.69 Å². The van der Waals surface area contributed by atoms with Crippen LogP contribution >= 0.6 is 11.8 Å². The number of nitro benzene ring substituents is 1. The molecule has 1 aliphatic rings. The molecule has 1 aromatic rings. The maximum Gasteiger partial charge on any atom is 0.327 e. The van der Waals surface area contributed by atoms with Gasteiger partial charge in [-0.2, -0.15) is 0 Å². The van der Waals surface area contributed by atoms with E-state index in [1.54, 1.807) is 26.0 Å². The van der Waals surface area contributed by atoms with Crippen molar-refractivity contribution in [1.29, 1.82) is 0 Å². The molecule has 0 radical (unpaired) electrons. The maximum atomic E-state index is 11.9. The van der Waals surface area contributed by atoms with E-state index in [2.05, 4.69) is 0 Å². The van der Waals surface area contributed by atoms with Crippen LogP contribution in [-0.4, -0.2) is 37.6 Å². The average Bonchev–Trinajstić information content (AvgIpc) is 2.70. The van der Waals surface area contributed by atoms with Crippen LogP contribution in [0.15, 0.2) is 24.3 Å². The van der Waals surface area contributed by atoms with Gasteiger partial charge in [-0.3, -0.25) is 14.9 Å². The Morgan fingerprint density at radius 2 is 1.86 bits per heavy atom. The van der Waals surface area contributed by atoms with Crippen molar-refractivity contribution in [3.05, 3.63) is 39.9 Å². The van der Waals surface area contributed by atoms with Crippen molar-refractivity contribution in [1.82, 2.24) is 4.90 Å². The molecule has 0 unspecified atom stereocenters. The zero-order chi connectivity index (χ0) is 16.7. The Morgan fingerprint density at radius 1 is 1.32 bits per heavy atom. The maximum absolute atomic E-state index is 11.9. The molecule has 0 aromatic heterocycles. The first-order chi connectivity index (χ1) is 10.1. The number of carboxylic acid groups (broad SMARTS) is 1. The lowest BCUT2D eigenvalue weighted by molar-refractivity contribution is -0.384. The molecule has 2 atom stereocenters. The summed E-state index contributed by atoms with van der Waals surface area (Å²) in [6.07, 6.45) is 0. The summed E-state index contributed by atoms with van der Waals surface area (Å²) in [7, 11) is 0. The van der Waals surface area contributed by atoms with E-state index in [0.717, 1.165) is 0 Å². The first-order valence-electron chi connectivity index (χ1n) is 6.59. The molecule has 0 bridgehead atoms. The normalized spacial score (nSPS) is 23.3. The molecule has 22 heavy (non-hydrogen) atoms. The second kappa shape index (κ2) is 5.60. The molecule has 1 heterocycles. The summed E-state index contributed by atoms with van der Waals surface area (Å²) >= 11 is 1.36. The highest BCUT2D eigenvalue weighted by Crippen LogP contribution is 2.52. The molecule has 1 N–H and O–H groups in total. The summed E-state index contributed by atoms with van der Waals surface area (Å²) < 4.78 is -0.663. The van der Waals surface area contributed by atoms with Gasteiger partial charge in [0.15, 0.2) is 0 Å². The molecule has 8 heteroatoms. The van der Waals surface area contributed by atoms with E-state index < -0.39 is 27.1 Å². The smallest absolute Gasteiger partial charge is 0.327 e. The fourth-order valence-electron chi connectivity index (χ4n) is 2.63. The number of hydrogen-bond acceptors (Lipinski definition) is 5. The Labute approximate surface area is 131 Å². The second-order valence-electron chi connectivity index (χ2n) is 5.59. The quantitative estimate of drug-likeness (QED) is 0.677. The molecular formula is C14H16N2O5S. The standard InChI is InChI=1S/C14H16N2O5S/c1-8(17)15-11(13(18)19)14(2,3)22-12(15)9-4-6-10(7-5-9)16(20)21/h4-7,11-12H,1-3H3,(H,18,19)/t11-,12-/m0/s1. The fourth-order valence-corrected chi connectivity index (χ4v) is 4.23. The van der Waals surface area contributed by atoms with Gasteiger partial charge in [0.2, 0.25) is 5.91 Å². The highest BCUT2D eigenvalue weighted by Gasteiger charge is 2.52. The number of hydrogen-bond donors (Lipinski definition) is 1. The van der Waals surface area contributed by atoms with Crippen LogP contribution in [0.3, 0.4) is 0 Å². The molecule has 1 aromatic carbocycles. The van der Waals surface area contributed by atoms with Gasteiger partial charge in [-0.15, -0.1) is 11.8 Å². The third-order valence-corrected chi connectivity index (χ3v) is 5.14. The van der Waals surface area contributed by atoms with Crippen LogP contribution in [0.25, 0.3) is 0 Å². The molecule has 1 amide bonds. The average molecular weight is 324 g/mol. The Morgan fingerprint density at radius 3 is 2.27 bits per heavy atom. The van der Waals surface area contributed by atoms with Crippen molar-refractivity contribution in [2.24, 2.45) is 0 Å². The first kappa shape index (κ1) is 16.3. The monoisotopic (exact) mass is 324 g/mol. The minimum atomic E-state index is -1.06. The highest BCUT2D eigenvalue weighted by molar-refractivity contribution is 8.01. The molecular weight excluding hydrogens is 308 g/mol. The van der Waals surface area contributed by atoms with Crippen molar-refractivity contribution < 1.29 is 19.6 Å². The fraction of sp³-hybridized carbons (Fsp3) is 0.429. The lowest BCUT2D eigenvalue weighted by atomic mass is 10.0. The molecule has 0 spiro atoms. The lowest BCUT2D eigenvalue weighted by Gasteiger charge is -2.28. The molecule has 0 saturated carbocycles. The molecule has 1 aliphatic heterocycles. The SMILES string of the molecule is CC(=O)N1[C@@H](C(=O)O)C(C)(C)S[C@H]1c1ccc([N+](=O)[O-])cc1. The number of benzene rings is 1. The van der Waals surface area contributed by atoms with Gasteiger partial charge in [0.1, 0.15) is 11.4 Å². The number of non-ortho nitro benzene ring substituents is 1. The number of aliphatic carboxylic acids is 1. The Hall–Kier alpha value is -2.09. The van der Waals surface area contributed by atoms with Crippen LogP contribution in [-0.2, 0) is 9.59 Å². The predicted octanol–water partition coefficient (Wildman–Crippen LogP) is 2.42. The third-order valence-electron chi connectivity index (χ3n) is 3.59. The zero-order valence-electron chi connectivity index (χ0n) is 12.3. The summed E-state index contributed by atoms with van der Waals surface area (Å²) in [6.45, 7) is 4.88. The van der Waals surface area contributed by atoms with Crippen LogP contribution in [0, 0.1) is 10.1 Å². The topological polar surface area (TPSA) is 101 Å². The van der Waals surface area contributed by atoms with Gasteiger partial charge in [0.25, 0.3) is 5.69 Å². The number of rotatable bonds is 3. The largest absolute Gasteiger partial charge is 0.480 e. The number of nitro groups is 1. The van der Waals surface area contributed by atoms with Gasteiger partial charge in [0, 0.05) is 23.8 Å². The molecule has 2 rings (SSSR count). The number of nitrogens with zero attached hydrogens (tertiary/aromatic N) is 2. The third kappa shape index (κ3) is 2.78. The van der Waals surface area contributed by atoms with E-state index >= 15 is 0 Å². The molecule has 1 fully saturated rings. The van der Waals surface area contributed by atoms with Crippen LogP contribution < -0.4 is 0 Å². The van der Waals surface area contributed by atoms with Gasteiger partial charge in [0.05, 0.1) is 4.92 Å². The lowest BCUT2D eigenvalue weighted by Crippen LogP contribution is -2.48. The number of carboxylic acids is 1. The Balaban J connectivity index is 2.43. The van der Waals surface area contributed by atoms with Crippen LogP contribution in [0.1, 0.15) is 31.7 Å². The zero-order valence-corrected chi connectivity index (χ0v) is 13.2. The van der Waals surface area contributed by atoms with Gasteiger partial charge in [-0.25, -0.2) is 4.79 Å². The minimum Gasteiger partial charge on any atom is -0.480 e. The number of carbonyl (C=O) groups is 2. The van der Waals surface area contributed by atoms with Crippen molar-refractivity contribution in [3.8, 4) is 0 Å². The molecule has 0 aliphatic carbocycles. The second-order valence-corrected chi connectivity index (χ2v) is 7.32. The Kier molecular flexibility index (Phi) is 4.15. The van der Waals surface area contributed by atoms with Gasteiger partial charge in [-0.1, -0.05) is 0 Å². The molecule has 118 valence electrons. The highest BCUT2D eigenvalue weighted by atomic mass is 32.2. The van der Waals surface area contributed by atoms with Gasteiger partial charge >= 0.3 is 5.97 Å². The minimum absolute atomic E-state index is 0.0461. The van der Waals surface area contributed by atoms with Crippen LogP contribution in [0.2, 0.25) is 0 Å². The molecule has 1 saturated heterocycles. The van der Waals surface area contributed by atoms with E-state index in [9.17, 15) is 24.8 Å². The van der Waals surface area contributed by atoms with Crippen molar-refractivity contribution in [2.75, 3.05) is 0 Å². The first-order valence-corrected chi connectivity index (χ1v) is 7.47. The van der Waals surface area contributed by atoms with Gasteiger partial charge in [-0.05, 0) is 31.5 Å². The number of carbonyl (C=O) groups excluding carboxylic acids is 1. The van der Waals surface area contributed by atoms with E-state index in [0.29, 0.717) is 5.56 Å². The van der Waals surface area contributed by atoms with Crippen LogP contribution in [0.5, 0.6) is 0 Å². The summed E-state index contributed by atoms with van der Waals surface area (Å²) in [5.74, 6) is -1.40. The summed E-state index contributed by atoms with van der Waals surface area (Å²) in [6, 6.07) is 4.89. The van der Waals surface area contributed by atoms with E-state index in [-0.39, 0.29) is 11.6 Å². The summed E-state index contributed by atoms with van der Waals surface area (Å²) in [4.78, 5) is 35.0.